The number of rotatable bonds is 2. The SMILES string of the molecule is NC(=O)C1CC(=O)N(c2ncco2)C1. The quantitative estimate of drug-likeness (QED) is 0.689. The number of carbonyl (C=O) groups excluding carboxylic acids is 2. The lowest BCUT2D eigenvalue weighted by Crippen LogP contribution is -2.28. The van der Waals surface area contributed by atoms with E-state index in [2.05, 4.69) is 4.98 Å². The van der Waals surface area contributed by atoms with Crippen molar-refractivity contribution in [3.8, 4) is 0 Å². The van der Waals surface area contributed by atoms with Crippen LogP contribution in [0.4, 0.5) is 6.01 Å². The van der Waals surface area contributed by atoms with Crippen molar-refractivity contribution in [2.45, 2.75) is 6.42 Å². The molecule has 1 aliphatic heterocycles. The summed E-state index contributed by atoms with van der Waals surface area (Å²) < 4.78 is 4.96. The zero-order valence-electron chi connectivity index (χ0n) is 7.34. The number of anilines is 1. The Balaban J connectivity index is 2.16. The van der Waals surface area contributed by atoms with Gasteiger partial charge in [-0.05, 0) is 0 Å². The van der Waals surface area contributed by atoms with Gasteiger partial charge in [0.2, 0.25) is 11.8 Å². The number of hydrogen-bond donors (Lipinski definition) is 1. The van der Waals surface area contributed by atoms with E-state index >= 15 is 0 Å². The third kappa shape index (κ3) is 1.34. The Morgan fingerprint density at radius 1 is 1.71 bits per heavy atom. The molecule has 1 saturated heterocycles. The summed E-state index contributed by atoms with van der Waals surface area (Å²) in [5, 5.41) is 0. The Labute approximate surface area is 79.7 Å². The second-order valence-corrected chi connectivity index (χ2v) is 3.12. The fourth-order valence-electron chi connectivity index (χ4n) is 1.43. The van der Waals surface area contributed by atoms with Crippen LogP contribution in [-0.2, 0) is 9.59 Å². The zero-order chi connectivity index (χ0) is 10.1. The molecule has 0 spiro atoms. The molecule has 0 aromatic carbocycles. The molecule has 2 N–H and O–H groups in total. The number of nitrogens with two attached hydrogens (primary N) is 1. The number of carbonyl (C=O) groups is 2. The van der Waals surface area contributed by atoms with E-state index in [1.165, 1.54) is 17.4 Å². The van der Waals surface area contributed by atoms with Crippen molar-refractivity contribution in [1.82, 2.24) is 4.98 Å². The molecule has 1 unspecified atom stereocenters. The Morgan fingerprint density at radius 2 is 2.50 bits per heavy atom. The smallest absolute Gasteiger partial charge is 0.304 e. The lowest BCUT2D eigenvalue weighted by molar-refractivity contribution is -0.123. The van der Waals surface area contributed by atoms with Crippen LogP contribution >= 0.6 is 0 Å². The first-order chi connectivity index (χ1) is 6.68. The van der Waals surface area contributed by atoms with E-state index in [0.717, 1.165) is 0 Å². The Kier molecular flexibility index (Phi) is 1.95. The number of aromatic nitrogens is 1. The Bertz CT molecular complexity index is 360. The summed E-state index contributed by atoms with van der Waals surface area (Å²) >= 11 is 0. The van der Waals surface area contributed by atoms with Gasteiger partial charge in [-0.25, -0.2) is 4.98 Å². The molecule has 1 aromatic rings. The summed E-state index contributed by atoms with van der Waals surface area (Å²) in [5.41, 5.74) is 5.11. The van der Waals surface area contributed by atoms with E-state index in [4.69, 9.17) is 10.2 Å². The molecule has 1 atom stereocenters. The van der Waals surface area contributed by atoms with Gasteiger partial charge in [-0.1, -0.05) is 0 Å². The summed E-state index contributed by atoms with van der Waals surface area (Å²) in [7, 11) is 0. The lowest BCUT2D eigenvalue weighted by Gasteiger charge is -2.09. The fraction of sp³-hybridized carbons (Fsp3) is 0.375. The van der Waals surface area contributed by atoms with E-state index in [9.17, 15) is 9.59 Å². The molecule has 0 aliphatic carbocycles. The van der Waals surface area contributed by atoms with Gasteiger partial charge < -0.3 is 10.2 Å². The first kappa shape index (κ1) is 8.74. The molecule has 14 heavy (non-hydrogen) atoms. The first-order valence-corrected chi connectivity index (χ1v) is 4.17. The number of primary amides is 1. The minimum absolute atomic E-state index is 0.137. The van der Waals surface area contributed by atoms with Crippen molar-refractivity contribution in [1.29, 1.82) is 0 Å². The third-order valence-electron chi connectivity index (χ3n) is 2.18. The van der Waals surface area contributed by atoms with Crippen LogP contribution in [0, 0.1) is 5.92 Å². The van der Waals surface area contributed by atoms with Gasteiger partial charge >= 0.3 is 6.01 Å². The van der Waals surface area contributed by atoms with E-state index in [1.54, 1.807) is 0 Å². The van der Waals surface area contributed by atoms with Crippen molar-refractivity contribution in [3.05, 3.63) is 12.5 Å². The molecule has 0 bridgehead atoms. The molecule has 2 heterocycles. The van der Waals surface area contributed by atoms with Crippen LogP contribution in [0.15, 0.2) is 16.9 Å². The first-order valence-electron chi connectivity index (χ1n) is 4.17. The standard InChI is InChI=1S/C8H9N3O3/c9-7(13)5-3-6(12)11(4-5)8-10-1-2-14-8/h1-2,5H,3-4H2,(H2,9,13). The lowest BCUT2D eigenvalue weighted by atomic mass is 10.1. The van der Waals surface area contributed by atoms with Crippen molar-refractivity contribution >= 4 is 17.8 Å². The number of oxazole rings is 1. The molecule has 0 radical (unpaired) electrons. The predicted octanol–water partition coefficient (Wildman–Crippen LogP) is -0.487. The maximum atomic E-state index is 11.4. The molecule has 2 amide bonds. The molecule has 2 rings (SSSR count). The highest BCUT2D eigenvalue weighted by Crippen LogP contribution is 2.22. The second kappa shape index (κ2) is 3.13. The number of nitrogens with zero attached hydrogens (tertiary/aromatic N) is 2. The van der Waals surface area contributed by atoms with Crippen molar-refractivity contribution < 1.29 is 14.0 Å². The normalized spacial score (nSPS) is 21.6. The van der Waals surface area contributed by atoms with Crippen molar-refractivity contribution in [3.63, 3.8) is 0 Å². The molecule has 1 aromatic heterocycles. The number of amides is 2. The summed E-state index contributed by atoms with van der Waals surface area (Å²) in [6.45, 7) is 0.259. The van der Waals surface area contributed by atoms with Crippen LogP contribution in [0.25, 0.3) is 0 Å². The second-order valence-electron chi connectivity index (χ2n) is 3.12. The van der Waals surface area contributed by atoms with Crippen molar-refractivity contribution in [2.24, 2.45) is 11.7 Å². The van der Waals surface area contributed by atoms with Gasteiger partial charge in [0, 0.05) is 13.0 Å². The van der Waals surface area contributed by atoms with Gasteiger partial charge in [0.1, 0.15) is 6.26 Å². The minimum atomic E-state index is -0.465. The molecule has 6 nitrogen and oxygen atoms in total. The van der Waals surface area contributed by atoms with Crippen LogP contribution in [-0.4, -0.2) is 23.3 Å². The van der Waals surface area contributed by atoms with Gasteiger partial charge in [-0.3, -0.25) is 14.5 Å². The van der Waals surface area contributed by atoms with E-state index < -0.39 is 11.8 Å². The highest BCUT2D eigenvalue weighted by Gasteiger charge is 2.35. The maximum Gasteiger partial charge on any atom is 0.304 e. The van der Waals surface area contributed by atoms with Gasteiger partial charge in [0.05, 0.1) is 12.1 Å². The van der Waals surface area contributed by atoms with Gasteiger partial charge in [0.25, 0.3) is 0 Å². The average Bonchev–Trinajstić information content (AvgIpc) is 2.71. The Hall–Kier alpha value is -1.85. The third-order valence-corrected chi connectivity index (χ3v) is 2.18. The highest BCUT2D eigenvalue weighted by molar-refractivity contribution is 5.98. The van der Waals surface area contributed by atoms with Gasteiger partial charge in [-0.15, -0.1) is 0 Å². The van der Waals surface area contributed by atoms with E-state index in [0.29, 0.717) is 0 Å². The summed E-state index contributed by atoms with van der Waals surface area (Å²) in [6, 6.07) is 0.221. The van der Waals surface area contributed by atoms with Crippen LogP contribution in [0.3, 0.4) is 0 Å². The van der Waals surface area contributed by atoms with E-state index in [-0.39, 0.29) is 24.9 Å². The molecule has 0 saturated carbocycles. The molecule has 74 valence electrons. The molecule has 6 heteroatoms. The van der Waals surface area contributed by atoms with Crippen LogP contribution in [0.1, 0.15) is 6.42 Å². The summed E-state index contributed by atoms with van der Waals surface area (Å²) in [4.78, 5) is 27.4. The number of hydrogen-bond acceptors (Lipinski definition) is 4. The van der Waals surface area contributed by atoms with Crippen LogP contribution in [0.2, 0.25) is 0 Å². The Morgan fingerprint density at radius 3 is 3.00 bits per heavy atom. The topological polar surface area (TPSA) is 89.4 Å². The minimum Gasteiger partial charge on any atom is -0.432 e. The maximum absolute atomic E-state index is 11.4. The van der Waals surface area contributed by atoms with E-state index in [1.807, 2.05) is 0 Å². The average molecular weight is 195 g/mol. The molecule has 1 aliphatic rings. The molecule has 1 fully saturated rings. The summed E-state index contributed by atoms with van der Waals surface area (Å²) in [5.74, 6) is -1.09. The molecular formula is C8H9N3O3. The molecular weight excluding hydrogens is 186 g/mol. The van der Waals surface area contributed by atoms with Crippen LogP contribution < -0.4 is 10.6 Å². The zero-order valence-corrected chi connectivity index (χ0v) is 7.34. The fourth-order valence-corrected chi connectivity index (χ4v) is 1.43. The van der Waals surface area contributed by atoms with Crippen molar-refractivity contribution in [2.75, 3.05) is 11.4 Å². The van der Waals surface area contributed by atoms with Gasteiger partial charge in [-0.2, -0.15) is 0 Å². The highest BCUT2D eigenvalue weighted by atomic mass is 16.4. The summed E-state index contributed by atoms with van der Waals surface area (Å²) in [6.07, 6.45) is 2.96. The monoisotopic (exact) mass is 195 g/mol. The predicted molar refractivity (Wildman–Crippen MR) is 46.2 cm³/mol. The largest absolute Gasteiger partial charge is 0.432 e. The van der Waals surface area contributed by atoms with Gasteiger partial charge in [0.15, 0.2) is 0 Å². The van der Waals surface area contributed by atoms with Crippen LogP contribution in [0.5, 0.6) is 0 Å².